The molecule has 112 valence electrons. The van der Waals surface area contributed by atoms with E-state index in [1.165, 1.54) is 5.56 Å². The standard InChI is InChI=1S/C14H19F3N2O/c1-20-13(14(15,16)17)9-19-6-4-10-2-3-12(18)8-11(10)5-7-19/h2-3,8,13H,4-7,9,18H2,1H3. The van der Waals surface area contributed by atoms with Gasteiger partial charge in [0.2, 0.25) is 0 Å². The van der Waals surface area contributed by atoms with Crippen LogP contribution in [-0.4, -0.2) is 43.9 Å². The zero-order valence-electron chi connectivity index (χ0n) is 11.4. The van der Waals surface area contributed by atoms with Crippen LogP contribution in [0.5, 0.6) is 0 Å². The summed E-state index contributed by atoms with van der Waals surface area (Å²) in [6.07, 6.45) is -4.59. The first-order valence-electron chi connectivity index (χ1n) is 6.59. The van der Waals surface area contributed by atoms with Gasteiger partial charge in [-0.2, -0.15) is 13.2 Å². The maximum Gasteiger partial charge on any atom is 0.415 e. The molecule has 1 aromatic carbocycles. The quantitative estimate of drug-likeness (QED) is 0.867. The third-order valence-electron chi connectivity index (χ3n) is 3.70. The number of hydrogen-bond donors (Lipinski definition) is 1. The van der Waals surface area contributed by atoms with Crippen LogP contribution in [0.15, 0.2) is 18.2 Å². The van der Waals surface area contributed by atoms with Crippen molar-refractivity contribution in [3.8, 4) is 0 Å². The minimum Gasteiger partial charge on any atom is -0.399 e. The van der Waals surface area contributed by atoms with Gasteiger partial charge < -0.3 is 10.5 Å². The second-order valence-electron chi connectivity index (χ2n) is 5.09. The number of halogens is 3. The molecule has 0 amide bonds. The van der Waals surface area contributed by atoms with Gasteiger partial charge in [-0.1, -0.05) is 6.07 Å². The molecular weight excluding hydrogens is 269 g/mol. The van der Waals surface area contributed by atoms with Gasteiger partial charge in [0, 0.05) is 32.4 Å². The Hall–Kier alpha value is -1.27. The molecule has 0 aliphatic carbocycles. The van der Waals surface area contributed by atoms with Gasteiger partial charge in [0.25, 0.3) is 0 Å². The second-order valence-corrected chi connectivity index (χ2v) is 5.09. The third kappa shape index (κ3) is 3.64. The number of fused-ring (bicyclic) bond motifs is 1. The predicted molar refractivity (Wildman–Crippen MR) is 71.6 cm³/mol. The number of anilines is 1. The highest BCUT2D eigenvalue weighted by atomic mass is 19.4. The van der Waals surface area contributed by atoms with Crippen LogP contribution in [0.4, 0.5) is 18.9 Å². The van der Waals surface area contributed by atoms with Gasteiger partial charge in [-0.15, -0.1) is 0 Å². The van der Waals surface area contributed by atoms with Crippen molar-refractivity contribution in [3.63, 3.8) is 0 Å². The van der Waals surface area contributed by atoms with Gasteiger partial charge >= 0.3 is 6.18 Å². The molecule has 0 fully saturated rings. The number of ether oxygens (including phenoxy) is 1. The number of alkyl halides is 3. The molecule has 20 heavy (non-hydrogen) atoms. The minimum absolute atomic E-state index is 0.122. The summed E-state index contributed by atoms with van der Waals surface area (Å²) >= 11 is 0. The summed E-state index contributed by atoms with van der Waals surface area (Å²) in [6.45, 7) is 1.07. The van der Waals surface area contributed by atoms with E-state index in [0.29, 0.717) is 25.2 Å². The van der Waals surface area contributed by atoms with Gasteiger partial charge in [-0.05, 0) is 36.1 Å². The summed E-state index contributed by atoms with van der Waals surface area (Å²) in [5, 5.41) is 0. The Morgan fingerprint density at radius 2 is 1.90 bits per heavy atom. The SMILES string of the molecule is COC(CN1CCc2ccc(N)cc2CC1)C(F)(F)F. The van der Waals surface area contributed by atoms with Gasteiger partial charge in [-0.3, -0.25) is 4.90 Å². The fourth-order valence-electron chi connectivity index (χ4n) is 2.52. The van der Waals surface area contributed by atoms with Crippen LogP contribution in [0, 0.1) is 0 Å². The highest BCUT2D eigenvalue weighted by Crippen LogP contribution is 2.25. The molecule has 1 atom stereocenters. The maximum atomic E-state index is 12.7. The fourth-order valence-corrected chi connectivity index (χ4v) is 2.52. The highest BCUT2D eigenvalue weighted by Gasteiger charge is 2.40. The molecule has 1 aromatic rings. The molecule has 1 aliphatic rings. The summed E-state index contributed by atoms with van der Waals surface area (Å²) in [5.41, 5.74) is 8.74. The first-order chi connectivity index (χ1) is 9.40. The Morgan fingerprint density at radius 1 is 1.25 bits per heavy atom. The second kappa shape index (κ2) is 6.01. The summed E-state index contributed by atoms with van der Waals surface area (Å²) in [7, 11) is 1.10. The molecule has 1 heterocycles. The van der Waals surface area contributed by atoms with Gasteiger partial charge in [-0.25, -0.2) is 0 Å². The summed E-state index contributed by atoms with van der Waals surface area (Å²) < 4.78 is 42.7. The monoisotopic (exact) mass is 288 g/mol. The lowest BCUT2D eigenvalue weighted by molar-refractivity contribution is -0.216. The molecule has 1 unspecified atom stereocenters. The van der Waals surface area contributed by atoms with Crippen molar-refractivity contribution < 1.29 is 17.9 Å². The molecule has 0 bridgehead atoms. The van der Waals surface area contributed by atoms with Crippen LogP contribution < -0.4 is 5.73 Å². The van der Waals surface area contributed by atoms with Crippen molar-refractivity contribution in [1.82, 2.24) is 4.90 Å². The van der Waals surface area contributed by atoms with E-state index in [4.69, 9.17) is 5.73 Å². The Bertz CT molecular complexity index is 462. The Morgan fingerprint density at radius 3 is 2.50 bits per heavy atom. The van der Waals surface area contributed by atoms with Crippen LogP contribution >= 0.6 is 0 Å². The molecule has 1 aliphatic heterocycles. The normalized spacial score (nSPS) is 18.4. The van der Waals surface area contributed by atoms with Crippen molar-refractivity contribution in [2.75, 3.05) is 32.5 Å². The Balaban J connectivity index is 2.01. The Labute approximate surface area is 116 Å². The van der Waals surface area contributed by atoms with E-state index in [2.05, 4.69) is 4.74 Å². The zero-order chi connectivity index (χ0) is 14.8. The van der Waals surface area contributed by atoms with E-state index < -0.39 is 12.3 Å². The smallest absolute Gasteiger partial charge is 0.399 e. The number of benzene rings is 1. The van der Waals surface area contributed by atoms with E-state index in [9.17, 15) is 13.2 Å². The maximum absolute atomic E-state index is 12.7. The van der Waals surface area contributed by atoms with E-state index in [1.807, 2.05) is 18.2 Å². The number of rotatable bonds is 3. The van der Waals surface area contributed by atoms with Gasteiger partial charge in [0.05, 0.1) is 0 Å². The summed E-state index contributed by atoms with van der Waals surface area (Å²) in [4.78, 5) is 1.80. The van der Waals surface area contributed by atoms with E-state index in [1.54, 1.807) is 4.90 Å². The van der Waals surface area contributed by atoms with Crippen molar-refractivity contribution in [3.05, 3.63) is 29.3 Å². The van der Waals surface area contributed by atoms with Crippen molar-refractivity contribution in [2.45, 2.75) is 25.1 Å². The van der Waals surface area contributed by atoms with Crippen molar-refractivity contribution in [2.24, 2.45) is 0 Å². The lowest BCUT2D eigenvalue weighted by Gasteiger charge is -2.26. The topological polar surface area (TPSA) is 38.5 Å². The first-order valence-corrected chi connectivity index (χ1v) is 6.59. The molecular formula is C14H19F3N2O. The molecule has 0 aromatic heterocycles. The molecule has 0 spiro atoms. The molecule has 0 saturated heterocycles. The van der Waals surface area contributed by atoms with Gasteiger partial charge in [0.15, 0.2) is 6.10 Å². The van der Waals surface area contributed by atoms with E-state index >= 15 is 0 Å². The number of nitrogens with zero attached hydrogens (tertiary/aromatic N) is 1. The van der Waals surface area contributed by atoms with Crippen LogP contribution in [-0.2, 0) is 17.6 Å². The fraction of sp³-hybridized carbons (Fsp3) is 0.571. The van der Waals surface area contributed by atoms with Crippen molar-refractivity contribution in [1.29, 1.82) is 0 Å². The third-order valence-corrected chi connectivity index (χ3v) is 3.70. The largest absolute Gasteiger partial charge is 0.415 e. The average Bonchev–Trinajstić information content (AvgIpc) is 2.56. The van der Waals surface area contributed by atoms with Gasteiger partial charge in [0.1, 0.15) is 0 Å². The number of hydrogen-bond acceptors (Lipinski definition) is 3. The first kappa shape index (κ1) is 15.1. The van der Waals surface area contributed by atoms with Crippen molar-refractivity contribution >= 4 is 5.69 Å². The molecule has 3 nitrogen and oxygen atoms in total. The minimum atomic E-state index is -4.32. The highest BCUT2D eigenvalue weighted by molar-refractivity contribution is 5.45. The molecule has 2 rings (SSSR count). The van der Waals surface area contributed by atoms with E-state index in [-0.39, 0.29) is 6.54 Å². The average molecular weight is 288 g/mol. The lowest BCUT2D eigenvalue weighted by Crippen LogP contribution is -2.43. The lowest BCUT2D eigenvalue weighted by atomic mass is 10.0. The van der Waals surface area contributed by atoms with Crippen LogP contribution in [0.25, 0.3) is 0 Å². The zero-order valence-corrected chi connectivity index (χ0v) is 11.4. The Kier molecular flexibility index (Phi) is 4.55. The summed E-state index contributed by atoms with van der Waals surface area (Å²) in [5.74, 6) is 0. The molecule has 6 heteroatoms. The van der Waals surface area contributed by atoms with Crippen LogP contribution in [0.3, 0.4) is 0 Å². The number of methoxy groups -OCH3 is 1. The molecule has 0 radical (unpaired) electrons. The number of nitrogens with two attached hydrogens (primary N) is 1. The predicted octanol–water partition coefficient (Wildman–Crippen LogP) is 2.25. The van der Waals surface area contributed by atoms with E-state index in [0.717, 1.165) is 19.1 Å². The van der Waals surface area contributed by atoms with Crippen LogP contribution in [0.1, 0.15) is 11.1 Å². The molecule has 2 N–H and O–H groups in total. The number of nitrogen functional groups attached to an aromatic ring is 1. The van der Waals surface area contributed by atoms with Crippen LogP contribution in [0.2, 0.25) is 0 Å². The molecule has 0 saturated carbocycles. The summed E-state index contributed by atoms with van der Waals surface area (Å²) in [6, 6.07) is 5.71.